The molecule has 0 radical (unpaired) electrons. The number of nitrogens with one attached hydrogen (secondary N) is 2. The normalized spacial score (nSPS) is 11.7. The lowest BCUT2D eigenvalue weighted by atomic mass is 10.1. The molecule has 2 aromatic rings. The number of aryl methyl sites for hydroxylation is 1. The van der Waals surface area contributed by atoms with Gasteiger partial charge in [-0.25, -0.2) is 18.1 Å². The first kappa shape index (κ1) is 14.7. The number of aliphatic hydroxyl groups is 1. The molecule has 0 bridgehead atoms. The molecule has 0 aliphatic carbocycles. The molecular formula is C13H17N3O3S. The Hall–Kier alpha value is -1.70. The van der Waals surface area contributed by atoms with E-state index in [9.17, 15) is 13.5 Å². The summed E-state index contributed by atoms with van der Waals surface area (Å²) in [7, 11) is -3.60. The zero-order chi connectivity index (χ0) is 14.6. The maximum absolute atomic E-state index is 12.2. The number of rotatable bonds is 6. The van der Waals surface area contributed by atoms with Crippen LogP contribution in [0, 0.1) is 0 Å². The SMILES string of the molecule is CCc1ccc(S(=O)(=O)NCc2cnc[nH]2)cc1CO. The second kappa shape index (κ2) is 6.17. The first-order valence-corrected chi connectivity index (χ1v) is 7.74. The van der Waals surface area contributed by atoms with Crippen LogP contribution < -0.4 is 4.72 Å². The maximum atomic E-state index is 12.2. The first-order chi connectivity index (χ1) is 9.56. The van der Waals surface area contributed by atoms with Gasteiger partial charge in [0.1, 0.15) is 0 Å². The van der Waals surface area contributed by atoms with Crippen molar-refractivity contribution in [2.45, 2.75) is 31.4 Å². The highest BCUT2D eigenvalue weighted by Crippen LogP contribution is 2.17. The number of nitrogens with zero attached hydrogens (tertiary/aromatic N) is 1. The van der Waals surface area contributed by atoms with Gasteiger partial charge in [0, 0.05) is 11.9 Å². The van der Waals surface area contributed by atoms with E-state index in [0.717, 1.165) is 12.0 Å². The zero-order valence-corrected chi connectivity index (χ0v) is 11.9. The minimum Gasteiger partial charge on any atom is -0.392 e. The molecule has 7 heteroatoms. The molecular weight excluding hydrogens is 278 g/mol. The Kier molecular flexibility index (Phi) is 4.53. The van der Waals surface area contributed by atoms with Crippen LogP contribution in [-0.4, -0.2) is 23.5 Å². The van der Waals surface area contributed by atoms with Gasteiger partial charge in [-0.15, -0.1) is 0 Å². The van der Waals surface area contributed by atoms with E-state index in [1.165, 1.54) is 12.4 Å². The molecule has 3 N–H and O–H groups in total. The molecule has 0 saturated heterocycles. The number of hydrogen-bond acceptors (Lipinski definition) is 4. The van der Waals surface area contributed by atoms with Gasteiger partial charge in [0.25, 0.3) is 0 Å². The summed E-state index contributed by atoms with van der Waals surface area (Å²) in [5.74, 6) is 0. The third-order valence-electron chi connectivity index (χ3n) is 3.05. The average molecular weight is 295 g/mol. The fraction of sp³-hybridized carbons (Fsp3) is 0.308. The lowest BCUT2D eigenvalue weighted by Gasteiger charge is -2.10. The first-order valence-electron chi connectivity index (χ1n) is 6.26. The fourth-order valence-corrected chi connectivity index (χ4v) is 2.96. The highest BCUT2D eigenvalue weighted by molar-refractivity contribution is 7.89. The van der Waals surface area contributed by atoms with Crippen molar-refractivity contribution in [1.29, 1.82) is 0 Å². The Morgan fingerprint density at radius 3 is 2.75 bits per heavy atom. The van der Waals surface area contributed by atoms with Crippen molar-refractivity contribution in [1.82, 2.24) is 14.7 Å². The Balaban J connectivity index is 2.20. The van der Waals surface area contributed by atoms with Crippen molar-refractivity contribution >= 4 is 10.0 Å². The number of imidazole rings is 1. The van der Waals surface area contributed by atoms with Crippen LogP contribution in [0.25, 0.3) is 0 Å². The summed E-state index contributed by atoms with van der Waals surface area (Å²) < 4.78 is 26.8. The van der Waals surface area contributed by atoms with Gasteiger partial charge in [-0.2, -0.15) is 0 Å². The molecule has 0 amide bonds. The van der Waals surface area contributed by atoms with Crippen molar-refractivity contribution in [3.05, 3.63) is 47.5 Å². The molecule has 108 valence electrons. The minimum absolute atomic E-state index is 0.145. The van der Waals surface area contributed by atoms with Gasteiger partial charge in [-0.3, -0.25) is 0 Å². The van der Waals surface area contributed by atoms with Crippen LogP contribution in [-0.2, 0) is 29.6 Å². The minimum atomic E-state index is -3.60. The zero-order valence-electron chi connectivity index (χ0n) is 11.1. The molecule has 1 aromatic carbocycles. The Bertz CT molecular complexity index is 666. The standard InChI is InChI=1S/C13H17N3O3S/c1-2-10-3-4-13(5-11(10)8-17)20(18,19)16-7-12-6-14-9-15-12/h3-6,9,16-17H,2,7-8H2,1H3,(H,14,15). The van der Waals surface area contributed by atoms with E-state index in [-0.39, 0.29) is 18.0 Å². The highest BCUT2D eigenvalue weighted by Gasteiger charge is 2.15. The summed E-state index contributed by atoms with van der Waals surface area (Å²) in [4.78, 5) is 6.80. The van der Waals surface area contributed by atoms with Gasteiger partial charge in [0.05, 0.1) is 24.4 Å². The van der Waals surface area contributed by atoms with E-state index in [0.29, 0.717) is 11.3 Å². The maximum Gasteiger partial charge on any atom is 0.240 e. The summed E-state index contributed by atoms with van der Waals surface area (Å²) in [6, 6.07) is 4.79. The topological polar surface area (TPSA) is 95.1 Å². The molecule has 1 aromatic heterocycles. The number of aromatic nitrogens is 2. The molecule has 0 aliphatic rings. The molecule has 0 spiro atoms. The summed E-state index contributed by atoms with van der Waals surface area (Å²) >= 11 is 0. The van der Waals surface area contributed by atoms with Crippen LogP contribution in [0.1, 0.15) is 23.7 Å². The third-order valence-corrected chi connectivity index (χ3v) is 4.45. The Morgan fingerprint density at radius 1 is 1.35 bits per heavy atom. The van der Waals surface area contributed by atoms with E-state index in [4.69, 9.17) is 0 Å². The van der Waals surface area contributed by atoms with Gasteiger partial charge >= 0.3 is 0 Å². The lowest BCUT2D eigenvalue weighted by Crippen LogP contribution is -2.23. The Morgan fingerprint density at radius 2 is 2.15 bits per heavy atom. The largest absolute Gasteiger partial charge is 0.392 e. The molecule has 20 heavy (non-hydrogen) atoms. The van der Waals surface area contributed by atoms with Gasteiger partial charge < -0.3 is 10.1 Å². The van der Waals surface area contributed by atoms with Crippen molar-refractivity contribution < 1.29 is 13.5 Å². The molecule has 0 aliphatic heterocycles. The van der Waals surface area contributed by atoms with E-state index in [1.807, 2.05) is 6.92 Å². The number of aliphatic hydroxyl groups excluding tert-OH is 1. The molecule has 6 nitrogen and oxygen atoms in total. The summed E-state index contributed by atoms with van der Waals surface area (Å²) in [6.45, 7) is 1.93. The predicted octanol–water partition coefficient (Wildman–Crippen LogP) is 0.943. The Labute approximate surface area is 117 Å². The van der Waals surface area contributed by atoms with Crippen LogP contribution in [0.5, 0.6) is 0 Å². The average Bonchev–Trinajstić information content (AvgIpc) is 2.97. The van der Waals surface area contributed by atoms with E-state index >= 15 is 0 Å². The summed E-state index contributed by atoms with van der Waals surface area (Å²) in [5.41, 5.74) is 2.26. The fourth-order valence-electron chi connectivity index (χ4n) is 1.90. The second-order valence-corrected chi connectivity index (χ2v) is 6.11. The van der Waals surface area contributed by atoms with E-state index < -0.39 is 10.0 Å². The van der Waals surface area contributed by atoms with Gasteiger partial charge in [0.2, 0.25) is 10.0 Å². The van der Waals surface area contributed by atoms with Crippen LogP contribution >= 0.6 is 0 Å². The molecule has 0 atom stereocenters. The number of benzene rings is 1. The van der Waals surface area contributed by atoms with Gasteiger partial charge in [-0.05, 0) is 29.7 Å². The molecule has 0 fully saturated rings. The summed E-state index contributed by atoms with van der Waals surface area (Å²) in [6.07, 6.45) is 3.79. The van der Waals surface area contributed by atoms with Crippen molar-refractivity contribution in [2.75, 3.05) is 0 Å². The number of H-pyrrole nitrogens is 1. The monoisotopic (exact) mass is 295 g/mol. The van der Waals surface area contributed by atoms with E-state index in [2.05, 4.69) is 14.7 Å². The van der Waals surface area contributed by atoms with Crippen molar-refractivity contribution in [3.63, 3.8) is 0 Å². The smallest absolute Gasteiger partial charge is 0.240 e. The van der Waals surface area contributed by atoms with Crippen LogP contribution in [0.15, 0.2) is 35.6 Å². The van der Waals surface area contributed by atoms with Crippen molar-refractivity contribution in [2.24, 2.45) is 0 Å². The third kappa shape index (κ3) is 3.24. The van der Waals surface area contributed by atoms with Crippen LogP contribution in [0.3, 0.4) is 0 Å². The predicted molar refractivity (Wildman–Crippen MR) is 74.4 cm³/mol. The van der Waals surface area contributed by atoms with Crippen LogP contribution in [0.2, 0.25) is 0 Å². The number of hydrogen-bond donors (Lipinski definition) is 3. The molecule has 0 saturated carbocycles. The van der Waals surface area contributed by atoms with Gasteiger partial charge in [0.15, 0.2) is 0 Å². The highest BCUT2D eigenvalue weighted by atomic mass is 32.2. The molecule has 2 rings (SSSR count). The number of sulfonamides is 1. The quantitative estimate of drug-likeness (QED) is 0.739. The molecule has 0 unspecified atom stereocenters. The van der Waals surface area contributed by atoms with Gasteiger partial charge in [-0.1, -0.05) is 13.0 Å². The second-order valence-electron chi connectivity index (χ2n) is 4.34. The van der Waals surface area contributed by atoms with Crippen LogP contribution in [0.4, 0.5) is 0 Å². The number of aromatic amines is 1. The molecule has 1 heterocycles. The van der Waals surface area contributed by atoms with E-state index in [1.54, 1.807) is 18.3 Å². The van der Waals surface area contributed by atoms with Crippen molar-refractivity contribution in [3.8, 4) is 0 Å². The summed E-state index contributed by atoms with van der Waals surface area (Å²) in [5, 5.41) is 9.29. The lowest BCUT2D eigenvalue weighted by molar-refractivity contribution is 0.280.